The Labute approximate surface area is 101 Å². The summed E-state index contributed by atoms with van der Waals surface area (Å²) in [6.45, 7) is 0. The topological polar surface area (TPSA) is 99.1 Å². The second-order valence-corrected chi connectivity index (χ2v) is 3.92. The first-order chi connectivity index (χ1) is 7.60. The van der Waals surface area contributed by atoms with Crippen molar-refractivity contribution >= 4 is 21.8 Å². The van der Waals surface area contributed by atoms with E-state index in [2.05, 4.69) is 21.1 Å². The van der Waals surface area contributed by atoms with Crippen LogP contribution in [0.2, 0.25) is 0 Å². The van der Waals surface area contributed by atoms with Gasteiger partial charge in [0, 0.05) is 10.9 Å². The quantitative estimate of drug-likeness (QED) is 0.214. The van der Waals surface area contributed by atoms with Gasteiger partial charge in [0.1, 0.15) is 6.10 Å². The number of rotatable bonds is 4. The highest BCUT2D eigenvalue weighted by atomic mass is 79.9. The average molecular weight is 289 g/mol. The molecule has 6 heteroatoms. The van der Waals surface area contributed by atoms with E-state index < -0.39 is 12.2 Å². The zero-order chi connectivity index (χ0) is 12.1. The molecule has 0 spiro atoms. The van der Waals surface area contributed by atoms with Gasteiger partial charge >= 0.3 is 0 Å². The lowest BCUT2D eigenvalue weighted by Gasteiger charge is -2.15. The third-order valence-electron chi connectivity index (χ3n) is 2.18. The summed E-state index contributed by atoms with van der Waals surface area (Å²) < 4.78 is 0. The minimum atomic E-state index is -0.958. The van der Waals surface area contributed by atoms with Crippen LogP contribution in [-0.4, -0.2) is 32.7 Å². The Morgan fingerprint density at radius 2 is 1.88 bits per heavy atom. The molecule has 2 atom stereocenters. The fraction of sp³-hybridized carbons (Fsp3) is 0.300. The van der Waals surface area contributed by atoms with Gasteiger partial charge < -0.3 is 21.2 Å². The van der Waals surface area contributed by atoms with Crippen molar-refractivity contribution in [1.82, 2.24) is 0 Å². The lowest BCUT2D eigenvalue weighted by Crippen LogP contribution is -2.19. The van der Waals surface area contributed by atoms with Gasteiger partial charge in [0.15, 0.2) is 5.84 Å². The molecule has 0 amide bonds. The number of oxime groups is 1. The third kappa shape index (κ3) is 2.94. The maximum Gasteiger partial charge on any atom is 0.170 e. The van der Waals surface area contributed by atoms with Crippen LogP contribution in [0, 0.1) is 0 Å². The Morgan fingerprint density at radius 1 is 1.31 bits per heavy atom. The van der Waals surface area contributed by atoms with Gasteiger partial charge in [0.05, 0.1) is 6.10 Å². The maximum absolute atomic E-state index is 9.68. The van der Waals surface area contributed by atoms with Crippen LogP contribution in [0.1, 0.15) is 17.2 Å². The Morgan fingerprint density at radius 3 is 2.31 bits per heavy atom. The highest BCUT2D eigenvalue weighted by molar-refractivity contribution is 9.09. The summed E-state index contributed by atoms with van der Waals surface area (Å²) in [5, 5.41) is 30.7. The van der Waals surface area contributed by atoms with Crippen molar-refractivity contribution in [3.63, 3.8) is 0 Å². The van der Waals surface area contributed by atoms with Crippen LogP contribution in [0.3, 0.4) is 0 Å². The fourth-order valence-electron chi connectivity index (χ4n) is 1.22. The van der Waals surface area contributed by atoms with Crippen LogP contribution in [0.15, 0.2) is 29.4 Å². The van der Waals surface area contributed by atoms with Crippen LogP contribution in [-0.2, 0) is 0 Å². The Bertz CT molecular complexity index is 367. The molecule has 5 N–H and O–H groups in total. The summed E-state index contributed by atoms with van der Waals surface area (Å²) in [5.41, 5.74) is 6.51. The van der Waals surface area contributed by atoms with Gasteiger partial charge in [-0.15, -0.1) is 0 Å². The largest absolute Gasteiger partial charge is 0.409 e. The third-order valence-corrected chi connectivity index (χ3v) is 2.84. The highest BCUT2D eigenvalue weighted by Crippen LogP contribution is 2.18. The summed E-state index contributed by atoms with van der Waals surface area (Å²) in [6, 6.07) is 6.44. The van der Waals surface area contributed by atoms with Crippen molar-refractivity contribution in [1.29, 1.82) is 0 Å². The number of hydrogen-bond donors (Lipinski definition) is 4. The van der Waals surface area contributed by atoms with Crippen LogP contribution >= 0.6 is 15.9 Å². The molecule has 88 valence electrons. The Kier molecular flexibility index (Phi) is 4.72. The van der Waals surface area contributed by atoms with Crippen molar-refractivity contribution in [2.45, 2.75) is 12.2 Å². The summed E-state index contributed by atoms with van der Waals surface area (Å²) in [5.74, 6) is 0.00193. The van der Waals surface area contributed by atoms with Crippen molar-refractivity contribution in [3.8, 4) is 0 Å². The Balaban J connectivity index is 2.86. The van der Waals surface area contributed by atoms with Crippen molar-refractivity contribution in [2.24, 2.45) is 10.9 Å². The molecule has 0 saturated heterocycles. The molecule has 1 aromatic rings. The van der Waals surface area contributed by atoms with E-state index in [0.29, 0.717) is 11.1 Å². The first kappa shape index (κ1) is 13.0. The predicted octanol–water partition coefficient (Wildman–Crippen LogP) is 0.570. The standard InChI is InChI=1S/C10H13BrN2O3/c11-5-8(14)9(15)6-1-3-7(4-2-6)10(12)13-16/h1-4,8-9,14-16H,5H2,(H2,12,13). The lowest BCUT2D eigenvalue weighted by atomic mass is 10.0. The second kappa shape index (κ2) is 5.83. The summed E-state index contributed by atoms with van der Waals surface area (Å²) in [4.78, 5) is 0. The number of nitrogens with two attached hydrogens (primary N) is 1. The molecule has 5 nitrogen and oxygen atoms in total. The highest BCUT2D eigenvalue weighted by Gasteiger charge is 2.16. The number of hydrogen-bond acceptors (Lipinski definition) is 4. The first-order valence-electron chi connectivity index (χ1n) is 4.60. The number of halogens is 1. The van der Waals surface area contributed by atoms with Gasteiger partial charge in [-0.1, -0.05) is 45.4 Å². The molecule has 0 bridgehead atoms. The van der Waals surface area contributed by atoms with E-state index in [9.17, 15) is 10.2 Å². The van der Waals surface area contributed by atoms with Crippen molar-refractivity contribution < 1.29 is 15.4 Å². The van der Waals surface area contributed by atoms with Gasteiger partial charge in [-0.25, -0.2) is 0 Å². The van der Waals surface area contributed by atoms with E-state index in [0.717, 1.165) is 0 Å². The first-order valence-corrected chi connectivity index (χ1v) is 5.72. The molecule has 0 aromatic heterocycles. The van der Waals surface area contributed by atoms with Gasteiger partial charge in [0.25, 0.3) is 0 Å². The molecule has 1 aromatic carbocycles. The molecular formula is C10H13BrN2O3. The van der Waals surface area contributed by atoms with Gasteiger partial charge in [-0.3, -0.25) is 0 Å². The normalized spacial score (nSPS) is 15.8. The average Bonchev–Trinajstić information content (AvgIpc) is 2.36. The summed E-state index contributed by atoms with van der Waals surface area (Å²) >= 11 is 3.08. The van der Waals surface area contributed by atoms with Crippen molar-refractivity contribution in [3.05, 3.63) is 35.4 Å². The zero-order valence-electron chi connectivity index (χ0n) is 8.42. The van der Waals surface area contributed by atoms with E-state index >= 15 is 0 Å². The lowest BCUT2D eigenvalue weighted by molar-refractivity contribution is 0.0343. The number of nitrogens with zero attached hydrogens (tertiary/aromatic N) is 1. The smallest absolute Gasteiger partial charge is 0.170 e. The van der Waals surface area contributed by atoms with E-state index in [-0.39, 0.29) is 11.2 Å². The summed E-state index contributed by atoms with van der Waals surface area (Å²) in [6.07, 6.45) is -1.82. The molecule has 0 aliphatic rings. The van der Waals surface area contributed by atoms with E-state index in [1.165, 1.54) is 0 Å². The van der Waals surface area contributed by atoms with Crippen LogP contribution in [0.5, 0.6) is 0 Å². The minimum absolute atomic E-state index is 0.00193. The number of alkyl halides is 1. The molecule has 0 aliphatic heterocycles. The molecular weight excluding hydrogens is 276 g/mol. The molecule has 0 heterocycles. The van der Waals surface area contributed by atoms with Gasteiger partial charge in [0.2, 0.25) is 0 Å². The predicted molar refractivity (Wildman–Crippen MR) is 63.7 cm³/mol. The number of aliphatic hydroxyl groups excluding tert-OH is 2. The zero-order valence-corrected chi connectivity index (χ0v) is 10.0. The van der Waals surface area contributed by atoms with Gasteiger partial charge in [-0.2, -0.15) is 0 Å². The number of aliphatic hydroxyl groups is 2. The molecule has 2 unspecified atom stereocenters. The second-order valence-electron chi connectivity index (χ2n) is 3.27. The monoisotopic (exact) mass is 288 g/mol. The Hall–Kier alpha value is -1.11. The van der Waals surface area contributed by atoms with E-state index in [1.807, 2.05) is 0 Å². The van der Waals surface area contributed by atoms with E-state index in [1.54, 1.807) is 24.3 Å². The number of benzene rings is 1. The van der Waals surface area contributed by atoms with Crippen molar-refractivity contribution in [2.75, 3.05) is 5.33 Å². The van der Waals surface area contributed by atoms with Crippen LogP contribution < -0.4 is 5.73 Å². The van der Waals surface area contributed by atoms with Gasteiger partial charge in [-0.05, 0) is 5.56 Å². The fourth-order valence-corrected chi connectivity index (χ4v) is 1.57. The van der Waals surface area contributed by atoms with E-state index in [4.69, 9.17) is 10.9 Å². The molecule has 0 saturated carbocycles. The number of amidine groups is 1. The molecule has 1 rings (SSSR count). The van der Waals surface area contributed by atoms with Crippen LogP contribution in [0.4, 0.5) is 0 Å². The van der Waals surface area contributed by atoms with Crippen LogP contribution in [0.25, 0.3) is 0 Å². The maximum atomic E-state index is 9.68. The molecule has 0 aliphatic carbocycles. The summed E-state index contributed by atoms with van der Waals surface area (Å²) in [7, 11) is 0. The molecule has 16 heavy (non-hydrogen) atoms. The SMILES string of the molecule is NC(=NO)c1ccc(C(O)C(O)CBr)cc1. The molecule has 0 radical (unpaired) electrons. The minimum Gasteiger partial charge on any atom is -0.409 e. The molecule has 0 fully saturated rings.